The number of benzene rings is 9. The van der Waals surface area contributed by atoms with Crippen LogP contribution in [0.5, 0.6) is 46.0 Å². The molecule has 6 amide bonds. The van der Waals surface area contributed by atoms with Gasteiger partial charge in [-0.25, -0.2) is 0 Å². The summed E-state index contributed by atoms with van der Waals surface area (Å²) in [6.07, 6.45) is 6.48. The fraction of sp³-hybridized carbons (Fsp3) is 0.359. The summed E-state index contributed by atoms with van der Waals surface area (Å²) in [5.41, 5.74) is 0.279. The Hall–Kier alpha value is -9.46. The van der Waals surface area contributed by atoms with E-state index in [-0.39, 0.29) is 117 Å². The first-order chi connectivity index (χ1) is 46.7. The molecule has 2 saturated carbocycles. The molecule has 2 saturated heterocycles. The van der Waals surface area contributed by atoms with Crippen molar-refractivity contribution in [2.75, 3.05) is 19.8 Å². The molecule has 96 heavy (non-hydrogen) atoms. The molecule has 18 heteroatoms. The second kappa shape index (κ2) is 26.3. The van der Waals surface area contributed by atoms with Gasteiger partial charge in [0.1, 0.15) is 64.2 Å². The largest absolute Gasteiger partial charge is 0.457 e. The van der Waals surface area contributed by atoms with Crippen molar-refractivity contribution in [1.82, 2.24) is 20.4 Å². The Morgan fingerprint density at radius 2 is 0.802 bits per heavy atom. The second-order valence-corrected chi connectivity index (χ2v) is 27.1. The van der Waals surface area contributed by atoms with Crippen LogP contribution in [0.25, 0.3) is 43.1 Å². The van der Waals surface area contributed by atoms with Crippen LogP contribution in [0.1, 0.15) is 140 Å². The molecular formula is C78H76N4O14. The van der Waals surface area contributed by atoms with Crippen LogP contribution in [0.2, 0.25) is 0 Å². The molecule has 492 valence electrons. The number of hydrogen-bond donors (Lipinski definition) is 2. The van der Waals surface area contributed by atoms with Crippen LogP contribution in [0.3, 0.4) is 0 Å². The van der Waals surface area contributed by atoms with Gasteiger partial charge < -0.3 is 48.5 Å². The van der Waals surface area contributed by atoms with Gasteiger partial charge in [-0.15, -0.1) is 0 Å². The minimum Gasteiger partial charge on any atom is -0.457 e. The lowest BCUT2D eigenvalue weighted by molar-refractivity contribution is -0.240. The van der Waals surface area contributed by atoms with Gasteiger partial charge in [-0.1, -0.05) is 100 Å². The van der Waals surface area contributed by atoms with Crippen molar-refractivity contribution in [3.63, 3.8) is 0 Å². The van der Waals surface area contributed by atoms with Crippen LogP contribution < -0.4 is 29.6 Å². The summed E-state index contributed by atoms with van der Waals surface area (Å²) in [5.74, 6) is -2.01. The summed E-state index contributed by atoms with van der Waals surface area (Å²) in [7, 11) is 0. The van der Waals surface area contributed by atoms with Gasteiger partial charge in [-0.2, -0.15) is 0 Å². The molecule has 0 aromatic heterocycles. The fourth-order valence-electron chi connectivity index (χ4n) is 14.8. The summed E-state index contributed by atoms with van der Waals surface area (Å²) in [5, 5.41) is 9.04. The normalized spacial score (nSPS) is 21.4. The molecule has 9 aromatic carbocycles. The number of epoxide rings is 1. The van der Waals surface area contributed by atoms with Crippen molar-refractivity contribution >= 4 is 78.5 Å². The molecule has 15 rings (SSSR count). The highest BCUT2D eigenvalue weighted by atomic mass is 16.7. The highest BCUT2D eigenvalue weighted by molar-refractivity contribution is 6.45. The average molecular weight is 1290 g/mol. The second-order valence-electron chi connectivity index (χ2n) is 27.1. The van der Waals surface area contributed by atoms with Gasteiger partial charge in [-0.3, -0.25) is 38.6 Å². The summed E-state index contributed by atoms with van der Waals surface area (Å²) >= 11 is 0. The molecule has 18 nitrogen and oxygen atoms in total. The van der Waals surface area contributed by atoms with E-state index in [1.54, 1.807) is 72.8 Å². The van der Waals surface area contributed by atoms with Crippen LogP contribution in [0.4, 0.5) is 0 Å². The average Bonchev–Trinajstić information content (AvgIpc) is 1.00. The van der Waals surface area contributed by atoms with Gasteiger partial charge in [0.25, 0.3) is 23.6 Å². The van der Waals surface area contributed by atoms with E-state index in [0.717, 1.165) is 41.9 Å². The molecule has 0 radical (unpaired) electrons. The van der Waals surface area contributed by atoms with E-state index >= 15 is 28.8 Å². The quantitative estimate of drug-likeness (QED) is 0.0264. The van der Waals surface area contributed by atoms with Crippen molar-refractivity contribution in [3.8, 4) is 46.0 Å². The molecule has 8 unspecified atom stereocenters. The first-order valence-electron chi connectivity index (χ1n) is 33.9. The Kier molecular flexibility index (Phi) is 17.1. The number of amides is 6. The highest BCUT2D eigenvalue weighted by Crippen LogP contribution is 2.58. The van der Waals surface area contributed by atoms with Gasteiger partial charge in [0.2, 0.25) is 11.8 Å². The maximum atomic E-state index is 16.2. The summed E-state index contributed by atoms with van der Waals surface area (Å²) in [4.78, 5) is 97.5. The lowest BCUT2D eigenvalue weighted by Crippen LogP contribution is -2.56. The lowest BCUT2D eigenvalue weighted by Gasteiger charge is -2.38. The van der Waals surface area contributed by atoms with Gasteiger partial charge in [0.15, 0.2) is 6.29 Å². The number of imide groups is 2. The Balaban J connectivity index is 0.978. The molecule has 2 N–H and O–H groups in total. The van der Waals surface area contributed by atoms with Gasteiger partial charge >= 0.3 is 0 Å². The van der Waals surface area contributed by atoms with Crippen LogP contribution in [0.15, 0.2) is 146 Å². The number of ether oxygens (including phenoxy) is 8. The molecule has 6 aliphatic rings. The monoisotopic (exact) mass is 1290 g/mol. The van der Waals surface area contributed by atoms with E-state index in [1.165, 1.54) is 0 Å². The molecule has 4 aliphatic heterocycles. The first-order valence-corrected chi connectivity index (χ1v) is 33.9. The SMILES string of the molecule is CC(C)CC(C(=O)NC1CCCC(OCC2CO2)C1)N1C(=O)c2cc(Oc3ccccc3)c3c4c(Oc5ccccc5)cc5c6c(cc(Oc7ccccc7)c(c7c(Oc8ccccc8)cc(c2c37)C1=O)c64)C(=O)N(C(CC(C)C)C(=O)NC1CCCC(OC2CCO2)C1)C5=O. The number of fused-ring (bicyclic) bond motifs is 2. The number of carbonyl (C=O) groups is 6. The highest BCUT2D eigenvalue weighted by Gasteiger charge is 2.47. The number of nitrogens with one attached hydrogen (secondary N) is 2. The van der Waals surface area contributed by atoms with E-state index in [4.69, 9.17) is 37.9 Å². The van der Waals surface area contributed by atoms with Gasteiger partial charge in [0.05, 0.1) is 54.3 Å². The van der Waals surface area contributed by atoms with Crippen LogP contribution in [-0.4, -0.2) is 114 Å². The topological polar surface area (TPSA) is 210 Å². The predicted octanol–water partition coefficient (Wildman–Crippen LogP) is 15.0. The molecular weight excluding hydrogens is 1220 g/mol. The van der Waals surface area contributed by atoms with Gasteiger partial charge in [-0.05, 0) is 149 Å². The van der Waals surface area contributed by atoms with Crippen molar-refractivity contribution in [2.45, 2.75) is 147 Å². The Morgan fingerprint density at radius 1 is 0.458 bits per heavy atom. The standard InChI is InChI=1S/C78H76N4O14/c1-43(2)33-58(73(83)79-45-19-17-29-51(35-45)90-41-53-42-91-53)81-75(85)54-37-60(92-47-21-9-5-10-22-47)67-69-62(94-49-25-13-7-14-26-49)39-56-66-57(78(88)82(77(56)87)59(34-44(3)4)74(84)80-46-20-18-30-52(36-46)96-64-31-32-89-64)40-63(95-50-27-15-8-16-28-50)70(72(66)69)68-61(93-48-23-11-6-12-24-48)38-55(76(81)86)65(54)71(67)68/h5-16,21-28,37-40,43-46,51-53,58-59,64H,17-20,29-36,41-42H2,1-4H3,(H,79,83)(H,80,84). The zero-order valence-electron chi connectivity index (χ0n) is 54.1. The van der Waals surface area contributed by atoms with E-state index < -0.39 is 47.5 Å². The van der Waals surface area contributed by atoms with Gasteiger partial charge in [0, 0.05) is 61.6 Å². The first kappa shape index (κ1) is 62.6. The van der Waals surface area contributed by atoms with E-state index in [9.17, 15) is 0 Å². The third-order valence-electron chi connectivity index (χ3n) is 19.3. The lowest BCUT2D eigenvalue weighted by atomic mass is 9.80. The molecule has 0 bridgehead atoms. The number of hydrogen-bond acceptors (Lipinski definition) is 14. The van der Waals surface area contributed by atoms with E-state index in [0.29, 0.717) is 101 Å². The zero-order valence-corrected chi connectivity index (χ0v) is 54.1. The third kappa shape index (κ3) is 12.1. The minimum absolute atomic E-state index is 0.0692. The molecule has 4 heterocycles. The number of nitrogens with zero attached hydrogens (tertiary/aromatic N) is 2. The van der Waals surface area contributed by atoms with Crippen LogP contribution in [-0.2, 0) is 28.5 Å². The smallest absolute Gasteiger partial charge is 0.262 e. The number of rotatable bonds is 23. The summed E-state index contributed by atoms with van der Waals surface area (Å²) < 4.78 is 52.1. The maximum Gasteiger partial charge on any atom is 0.262 e. The minimum atomic E-state index is -1.25. The van der Waals surface area contributed by atoms with Crippen molar-refractivity contribution in [2.24, 2.45) is 11.8 Å². The molecule has 9 aromatic rings. The fourth-order valence-corrected chi connectivity index (χ4v) is 14.8. The van der Waals surface area contributed by atoms with E-state index in [2.05, 4.69) is 10.6 Å². The molecule has 4 fully saturated rings. The Bertz CT molecular complexity index is 4270. The molecule has 2 aliphatic carbocycles. The zero-order chi connectivity index (χ0) is 65.9. The van der Waals surface area contributed by atoms with Crippen LogP contribution >= 0.6 is 0 Å². The van der Waals surface area contributed by atoms with Crippen molar-refractivity contribution < 1.29 is 66.7 Å². The Labute approximate surface area is 555 Å². The third-order valence-corrected chi connectivity index (χ3v) is 19.3. The number of carbonyl (C=O) groups excluding carboxylic acids is 6. The molecule has 8 atom stereocenters. The summed E-state index contributed by atoms with van der Waals surface area (Å²) in [6.45, 7) is 9.60. The maximum absolute atomic E-state index is 16.2. The Morgan fingerprint density at radius 3 is 1.12 bits per heavy atom. The van der Waals surface area contributed by atoms with Crippen LogP contribution in [0, 0.1) is 11.8 Å². The van der Waals surface area contributed by atoms with E-state index in [1.807, 2.05) is 100 Å². The predicted molar refractivity (Wildman–Crippen MR) is 361 cm³/mol. The van der Waals surface area contributed by atoms with Crippen molar-refractivity contribution in [3.05, 3.63) is 168 Å². The molecule has 0 spiro atoms. The van der Waals surface area contributed by atoms with Crippen molar-refractivity contribution in [1.29, 1.82) is 0 Å². The number of para-hydroxylation sites is 4. The summed E-state index contributed by atoms with van der Waals surface area (Å²) in [6, 6.07) is 39.7.